The van der Waals surface area contributed by atoms with E-state index in [1.165, 1.54) is 38.9 Å². The predicted octanol–water partition coefficient (Wildman–Crippen LogP) is 2.80. The highest BCUT2D eigenvalue weighted by atomic mass is 16.1. The fourth-order valence-electron chi connectivity index (χ4n) is 2.79. The predicted molar refractivity (Wildman–Crippen MR) is 81.5 cm³/mol. The van der Waals surface area contributed by atoms with Crippen LogP contribution in [0.5, 0.6) is 0 Å². The van der Waals surface area contributed by atoms with E-state index < -0.39 is 0 Å². The topological polar surface area (TPSA) is 23.6 Å². The maximum absolute atomic E-state index is 11.1. The normalized spacial score (nSPS) is 18.4. The number of ketones is 1. The number of hydrogen-bond acceptors (Lipinski definition) is 3. The number of hydrogen-bond donors (Lipinski definition) is 0. The minimum atomic E-state index is 0.326. The van der Waals surface area contributed by atoms with E-state index in [0.29, 0.717) is 5.78 Å². The molecule has 0 unspecified atom stereocenters. The molecule has 0 aromatic carbocycles. The smallest absolute Gasteiger partial charge is 0.129 e. The van der Waals surface area contributed by atoms with Gasteiger partial charge in [-0.25, -0.2) is 0 Å². The van der Waals surface area contributed by atoms with Crippen molar-refractivity contribution in [2.45, 2.75) is 58.9 Å². The SMILES string of the molecule is CC(=O)CCCN(CCC(C)C)C1CCN(C)CC1. The van der Waals surface area contributed by atoms with Gasteiger partial charge in [-0.2, -0.15) is 0 Å². The van der Waals surface area contributed by atoms with Crippen LogP contribution in [-0.2, 0) is 4.79 Å². The molecule has 0 spiro atoms. The van der Waals surface area contributed by atoms with E-state index in [-0.39, 0.29) is 0 Å². The third kappa shape index (κ3) is 7.07. The first-order valence-electron chi connectivity index (χ1n) is 7.91. The molecule has 1 aliphatic heterocycles. The van der Waals surface area contributed by atoms with E-state index >= 15 is 0 Å². The Kier molecular flexibility index (Phi) is 7.62. The van der Waals surface area contributed by atoms with E-state index in [0.717, 1.165) is 31.3 Å². The monoisotopic (exact) mass is 268 g/mol. The zero-order valence-electron chi connectivity index (χ0n) is 13.3. The lowest BCUT2D eigenvalue weighted by atomic mass is 10.0. The van der Waals surface area contributed by atoms with Crippen molar-refractivity contribution < 1.29 is 4.79 Å². The molecule has 0 aliphatic carbocycles. The summed E-state index contributed by atoms with van der Waals surface area (Å²) in [5.41, 5.74) is 0. The van der Waals surface area contributed by atoms with Gasteiger partial charge in [-0.05, 0) is 71.8 Å². The minimum Gasteiger partial charge on any atom is -0.306 e. The Morgan fingerprint density at radius 2 is 1.89 bits per heavy atom. The number of Topliss-reactive ketones (excluding diaryl/α,β-unsaturated/α-hetero) is 1. The van der Waals surface area contributed by atoms with E-state index in [4.69, 9.17) is 0 Å². The average Bonchev–Trinajstić information content (AvgIpc) is 2.34. The van der Waals surface area contributed by atoms with Crippen molar-refractivity contribution in [3.63, 3.8) is 0 Å². The molecular formula is C16H32N2O. The van der Waals surface area contributed by atoms with E-state index in [9.17, 15) is 4.79 Å². The van der Waals surface area contributed by atoms with Crippen molar-refractivity contribution in [1.29, 1.82) is 0 Å². The number of carbonyl (C=O) groups is 1. The highest BCUT2D eigenvalue weighted by molar-refractivity contribution is 5.75. The van der Waals surface area contributed by atoms with Gasteiger partial charge in [-0.3, -0.25) is 0 Å². The summed E-state index contributed by atoms with van der Waals surface area (Å²) in [6.07, 6.45) is 5.61. The zero-order chi connectivity index (χ0) is 14.3. The molecule has 3 nitrogen and oxygen atoms in total. The molecule has 112 valence electrons. The van der Waals surface area contributed by atoms with Crippen molar-refractivity contribution in [2.75, 3.05) is 33.2 Å². The Morgan fingerprint density at radius 1 is 1.26 bits per heavy atom. The summed E-state index contributed by atoms with van der Waals surface area (Å²) in [5.74, 6) is 1.09. The van der Waals surface area contributed by atoms with Gasteiger partial charge in [-0.15, -0.1) is 0 Å². The Hall–Kier alpha value is -0.410. The van der Waals surface area contributed by atoms with Gasteiger partial charge >= 0.3 is 0 Å². The summed E-state index contributed by atoms with van der Waals surface area (Å²) >= 11 is 0. The lowest BCUT2D eigenvalue weighted by molar-refractivity contribution is -0.117. The summed E-state index contributed by atoms with van der Waals surface area (Å²) in [7, 11) is 2.21. The maximum atomic E-state index is 11.1. The van der Waals surface area contributed by atoms with Crippen molar-refractivity contribution >= 4 is 5.78 Å². The quantitative estimate of drug-likeness (QED) is 0.676. The molecule has 3 heteroatoms. The van der Waals surface area contributed by atoms with Crippen LogP contribution in [0.2, 0.25) is 0 Å². The summed E-state index contributed by atoms with van der Waals surface area (Å²) in [4.78, 5) is 16.2. The van der Waals surface area contributed by atoms with Crippen LogP contribution in [0.3, 0.4) is 0 Å². The molecule has 1 aliphatic rings. The van der Waals surface area contributed by atoms with Crippen LogP contribution in [-0.4, -0.2) is 54.9 Å². The fraction of sp³-hybridized carbons (Fsp3) is 0.938. The number of rotatable bonds is 8. The molecule has 0 amide bonds. The van der Waals surface area contributed by atoms with Crippen LogP contribution >= 0.6 is 0 Å². The van der Waals surface area contributed by atoms with Gasteiger partial charge in [-0.1, -0.05) is 13.8 Å². The minimum absolute atomic E-state index is 0.326. The molecule has 0 N–H and O–H groups in total. The molecule has 1 heterocycles. The van der Waals surface area contributed by atoms with E-state index in [1.807, 2.05) is 0 Å². The molecular weight excluding hydrogens is 236 g/mol. The molecule has 1 fully saturated rings. The van der Waals surface area contributed by atoms with Gasteiger partial charge in [0.2, 0.25) is 0 Å². The third-order valence-electron chi connectivity index (χ3n) is 4.17. The first kappa shape index (κ1) is 16.6. The van der Waals surface area contributed by atoms with Gasteiger partial charge in [0.25, 0.3) is 0 Å². The van der Waals surface area contributed by atoms with Gasteiger partial charge < -0.3 is 14.6 Å². The standard InChI is InChI=1S/C16H32N2O/c1-14(2)7-13-18(10-5-6-15(3)19)16-8-11-17(4)12-9-16/h14,16H,5-13H2,1-4H3. The van der Waals surface area contributed by atoms with Crippen molar-refractivity contribution in [3.05, 3.63) is 0 Å². The van der Waals surface area contributed by atoms with Crippen molar-refractivity contribution in [1.82, 2.24) is 9.80 Å². The van der Waals surface area contributed by atoms with Gasteiger partial charge in [0.05, 0.1) is 0 Å². The zero-order valence-corrected chi connectivity index (χ0v) is 13.3. The van der Waals surface area contributed by atoms with Crippen LogP contribution in [0.25, 0.3) is 0 Å². The molecule has 0 aromatic heterocycles. The maximum Gasteiger partial charge on any atom is 0.129 e. The average molecular weight is 268 g/mol. The number of carbonyl (C=O) groups excluding carboxylic acids is 1. The van der Waals surface area contributed by atoms with Crippen LogP contribution in [0.15, 0.2) is 0 Å². The lowest BCUT2D eigenvalue weighted by Gasteiger charge is -2.37. The molecule has 19 heavy (non-hydrogen) atoms. The van der Waals surface area contributed by atoms with Crippen LogP contribution < -0.4 is 0 Å². The number of nitrogens with zero attached hydrogens (tertiary/aromatic N) is 2. The highest BCUT2D eigenvalue weighted by Gasteiger charge is 2.22. The molecule has 0 bridgehead atoms. The van der Waals surface area contributed by atoms with Crippen molar-refractivity contribution in [2.24, 2.45) is 5.92 Å². The summed E-state index contributed by atoms with van der Waals surface area (Å²) in [6, 6.07) is 0.738. The molecule has 0 radical (unpaired) electrons. The fourth-order valence-corrected chi connectivity index (χ4v) is 2.79. The highest BCUT2D eigenvalue weighted by Crippen LogP contribution is 2.17. The second-order valence-electron chi connectivity index (χ2n) is 6.56. The van der Waals surface area contributed by atoms with Gasteiger partial charge in [0.1, 0.15) is 5.78 Å². The number of likely N-dealkylation sites (tertiary alicyclic amines) is 1. The largest absolute Gasteiger partial charge is 0.306 e. The Morgan fingerprint density at radius 3 is 2.42 bits per heavy atom. The Bertz CT molecular complexity index is 257. The Balaban J connectivity index is 2.40. The first-order chi connectivity index (χ1) is 8.99. The second-order valence-corrected chi connectivity index (χ2v) is 6.56. The van der Waals surface area contributed by atoms with Crippen LogP contribution in [0.1, 0.15) is 52.9 Å². The summed E-state index contributed by atoms with van der Waals surface area (Å²) < 4.78 is 0. The molecule has 1 saturated heterocycles. The third-order valence-corrected chi connectivity index (χ3v) is 4.17. The van der Waals surface area contributed by atoms with E-state index in [1.54, 1.807) is 6.92 Å². The number of piperidine rings is 1. The molecule has 1 rings (SSSR count). The van der Waals surface area contributed by atoms with Gasteiger partial charge in [0, 0.05) is 12.5 Å². The molecule has 0 saturated carbocycles. The second kappa shape index (κ2) is 8.70. The first-order valence-corrected chi connectivity index (χ1v) is 7.91. The Labute approximate surface area is 119 Å². The van der Waals surface area contributed by atoms with Crippen LogP contribution in [0.4, 0.5) is 0 Å². The molecule has 0 aromatic rings. The summed E-state index contributed by atoms with van der Waals surface area (Å²) in [6.45, 7) is 11.0. The van der Waals surface area contributed by atoms with E-state index in [2.05, 4.69) is 30.7 Å². The van der Waals surface area contributed by atoms with Crippen molar-refractivity contribution in [3.8, 4) is 0 Å². The summed E-state index contributed by atoms with van der Waals surface area (Å²) in [5, 5.41) is 0. The van der Waals surface area contributed by atoms with Crippen LogP contribution in [0, 0.1) is 5.92 Å². The van der Waals surface area contributed by atoms with Gasteiger partial charge in [0.15, 0.2) is 0 Å². The molecule has 0 atom stereocenters. The lowest BCUT2D eigenvalue weighted by Crippen LogP contribution is -2.44.